The molecule has 4 heteroatoms. The van der Waals surface area contributed by atoms with Crippen molar-refractivity contribution in [3.8, 4) is 0 Å². The van der Waals surface area contributed by atoms with Crippen molar-refractivity contribution < 1.29 is 9.50 Å². The summed E-state index contributed by atoms with van der Waals surface area (Å²) in [5.74, 6) is -0.139. The SMILES string of the molecule is CC1CCCC(O)(Cc2cc(Cl)ccc2F)C1(C)N. The molecule has 2 rings (SSSR count). The minimum Gasteiger partial charge on any atom is -0.388 e. The van der Waals surface area contributed by atoms with E-state index in [2.05, 4.69) is 0 Å². The quantitative estimate of drug-likeness (QED) is 0.876. The van der Waals surface area contributed by atoms with Crippen molar-refractivity contribution in [2.75, 3.05) is 0 Å². The molecular formula is C15H21ClFNO. The molecule has 1 fully saturated rings. The van der Waals surface area contributed by atoms with Crippen LogP contribution >= 0.6 is 11.6 Å². The summed E-state index contributed by atoms with van der Waals surface area (Å²) >= 11 is 5.90. The Morgan fingerprint density at radius 1 is 1.53 bits per heavy atom. The van der Waals surface area contributed by atoms with Crippen LogP contribution in [-0.2, 0) is 6.42 Å². The molecule has 0 amide bonds. The molecule has 1 saturated carbocycles. The number of hydrogen-bond acceptors (Lipinski definition) is 2. The van der Waals surface area contributed by atoms with E-state index in [4.69, 9.17) is 17.3 Å². The first-order valence-electron chi connectivity index (χ1n) is 6.71. The molecule has 3 atom stereocenters. The molecule has 19 heavy (non-hydrogen) atoms. The van der Waals surface area contributed by atoms with Gasteiger partial charge < -0.3 is 10.8 Å². The highest BCUT2D eigenvalue weighted by Gasteiger charge is 2.49. The van der Waals surface area contributed by atoms with Crippen LogP contribution in [0.3, 0.4) is 0 Å². The maximum atomic E-state index is 13.8. The van der Waals surface area contributed by atoms with E-state index < -0.39 is 11.1 Å². The summed E-state index contributed by atoms with van der Waals surface area (Å²) in [6.45, 7) is 3.90. The van der Waals surface area contributed by atoms with Gasteiger partial charge >= 0.3 is 0 Å². The third-order valence-corrected chi connectivity index (χ3v) is 4.98. The van der Waals surface area contributed by atoms with Gasteiger partial charge in [-0.15, -0.1) is 0 Å². The maximum Gasteiger partial charge on any atom is 0.126 e. The number of nitrogens with two attached hydrogens (primary N) is 1. The van der Waals surface area contributed by atoms with E-state index in [0.29, 0.717) is 17.0 Å². The Morgan fingerprint density at radius 3 is 2.89 bits per heavy atom. The van der Waals surface area contributed by atoms with Gasteiger partial charge in [-0.25, -0.2) is 4.39 Å². The van der Waals surface area contributed by atoms with Crippen LogP contribution in [0.15, 0.2) is 18.2 Å². The van der Waals surface area contributed by atoms with Crippen molar-refractivity contribution >= 4 is 11.6 Å². The Bertz CT molecular complexity index is 477. The summed E-state index contributed by atoms with van der Waals surface area (Å²) in [6, 6.07) is 4.42. The largest absolute Gasteiger partial charge is 0.388 e. The Hall–Kier alpha value is -0.640. The molecule has 3 unspecified atom stereocenters. The number of halogens is 2. The molecular weight excluding hydrogens is 265 g/mol. The summed E-state index contributed by atoms with van der Waals surface area (Å²) in [4.78, 5) is 0. The lowest BCUT2D eigenvalue weighted by atomic mass is 9.63. The van der Waals surface area contributed by atoms with Crippen LogP contribution in [0.2, 0.25) is 5.02 Å². The summed E-state index contributed by atoms with van der Waals surface area (Å²) in [5.41, 5.74) is 4.95. The van der Waals surface area contributed by atoms with Crippen LogP contribution in [0.4, 0.5) is 4.39 Å². The first-order chi connectivity index (χ1) is 8.76. The van der Waals surface area contributed by atoms with Crippen LogP contribution in [0.25, 0.3) is 0 Å². The lowest BCUT2D eigenvalue weighted by Crippen LogP contribution is -2.65. The van der Waals surface area contributed by atoms with Gasteiger partial charge in [0.25, 0.3) is 0 Å². The fraction of sp³-hybridized carbons (Fsp3) is 0.600. The standard InChI is InChI=1S/C15H21ClFNO/c1-10-4-3-7-15(19,14(10,2)18)9-11-8-12(16)5-6-13(11)17/h5-6,8,10,19H,3-4,7,9,18H2,1-2H3. The zero-order valence-electron chi connectivity index (χ0n) is 11.4. The second-order valence-electron chi connectivity index (χ2n) is 6.02. The fourth-order valence-electron chi connectivity index (χ4n) is 3.00. The molecule has 1 aliphatic carbocycles. The first-order valence-corrected chi connectivity index (χ1v) is 7.09. The van der Waals surface area contributed by atoms with E-state index in [0.717, 1.165) is 12.8 Å². The molecule has 0 aromatic heterocycles. The number of benzene rings is 1. The third kappa shape index (κ3) is 2.64. The Balaban J connectivity index is 2.32. The molecule has 0 radical (unpaired) electrons. The second-order valence-corrected chi connectivity index (χ2v) is 6.46. The van der Waals surface area contributed by atoms with Crippen LogP contribution in [0, 0.1) is 11.7 Å². The topological polar surface area (TPSA) is 46.2 Å². The van der Waals surface area contributed by atoms with Crippen LogP contribution in [-0.4, -0.2) is 16.2 Å². The summed E-state index contributed by atoms with van der Waals surface area (Å²) in [5, 5.41) is 11.4. The molecule has 0 spiro atoms. The average Bonchev–Trinajstić information content (AvgIpc) is 2.32. The smallest absolute Gasteiger partial charge is 0.126 e. The van der Waals surface area contributed by atoms with Crippen molar-refractivity contribution in [2.45, 2.75) is 50.7 Å². The van der Waals surface area contributed by atoms with Gasteiger partial charge in [0.2, 0.25) is 0 Å². The number of hydrogen-bond donors (Lipinski definition) is 2. The lowest BCUT2D eigenvalue weighted by molar-refractivity contribution is -0.0804. The second kappa shape index (κ2) is 5.04. The molecule has 0 aliphatic heterocycles. The molecule has 1 aromatic rings. The first kappa shape index (κ1) is 14.8. The van der Waals surface area contributed by atoms with Crippen molar-refractivity contribution in [2.24, 2.45) is 11.7 Å². The monoisotopic (exact) mass is 285 g/mol. The van der Waals surface area contributed by atoms with Crippen molar-refractivity contribution in [1.82, 2.24) is 0 Å². The van der Waals surface area contributed by atoms with Crippen LogP contribution < -0.4 is 5.73 Å². The van der Waals surface area contributed by atoms with Gasteiger partial charge in [-0.2, -0.15) is 0 Å². The van der Waals surface area contributed by atoms with Gasteiger partial charge in [0.1, 0.15) is 5.82 Å². The average molecular weight is 286 g/mol. The van der Waals surface area contributed by atoms with Gasteiger partial charge in [-0.3, -0.25) is 0 Å². The minimum absolute atomic E-state index is 0.202. The number of rotatable bonds is 2. The van der Waals surface area contributed by atoms with E-state index in [-0.39, 0.29) is 18.2 Å². The number of aliphatic hydroxyl groups is 1. The van der Waals surface area contributed by atoms with Crippen LogP contribution in [0.5, 0.6) is 0 Å². The van der Waals surface area contributed by atoms with E-state index in [1.807, 2.05) is 13.8 Å². The van der Waals surface area contributed by atoms with Gasteiger partial charge in [0.15, 0.2) is 0 Å². The molecule has 0 bridgehead atoms. The Morgan fingerprint density at radius 2 is 2.21 bits per heavy atom. The van der Waals surface area contributed by atoms with E-state index in [1.165, 1.54) is 12.1 Å². The normalized spacial score (nSPS) is 35.4. The van der Waals surface area contributed by atoms with Gasteiger partial charge in [-0.1, -0.05) is 24.9 Å². The highest BCUT2D eigenvalue weighted by Crippen LogP contribution is 2.41. The third-order valence-electron chi connectivity index (χ3n) is 4.74. The van der Waals surface area contributed by atoms with Gasteiger partial charge in [-0.05, 0) is 49.4 Å². The molecule has 0 heterocycles. The minimum atomic E-state index is -1.09. The zero-order chi connectivity index (χ0) is 14.3. The predicted octanol–water partition coefficient (Wildman–Crippen LogP) is 3.29. The molecule has 2 nitrogen and oxygen atoms in total. The van der Waals surface area contributed by atoms with Crippen molar-refractivity contribution in [3.63, 3.8) is 0 Å². The molecule has 1 aliphatic rings. The molecule has 0 saturated heterocycles. The Kier molecular flexibility index (Phi) is 3.92. The van der Waals surface area contributed by atoms with E-state index in [9.17, 15) is 9.50 Å². The Labute approximate surface area is 118 Å². The lowest BCUT2D eigenvalue weighted by Gasteiger charge is -2.50. The summed E-state index contributed by atoms with van der Waals surface area (Å²) in [7, 11) is 0. The fourth-order valence-corrected chi connectivity index (χ4v) is 3.20. The molecule has 106 valence electrons. The van der Waals surface area contributed by atoms with Crippen LogP contribution in [0.1, 0.15) is 38.7 Å². The molecule has 3 N–H and O–H groups in total. The van der Waals surface area contributed by atoms with Gasteiger partial charge in [0, 0.05) is 17.0 Å². The molecule has 1 aromatic carbocycles. The maximum absolute atomic E-state index is 13.8. The van der Waals surface area contributed by atoms with Gasteiger partial charge in [0.05, 0.1) is 5.60 Å². The van der Waals surface area contributed by atoms with Crippen molar-refractivity contribution in [1.29, 1.82) is 0 Å². The van der Waals surface area contributed by atoms with E-state index in [1.54, 1.807) is 6.07 Å². The summed E-state index contributed by atoms with van der Waals surface area (Å²) in [6.07, 6.45) is 2.70. The zero-order valence-corrected chi connectivity index (χ0v) is 12.2. The van der Waals surface area contributed by atoms with E-state index >= 15 is 0 Å². The predicted molar refractivity (Wildman–Crippen MR) is 75.7 cm³/mol. The highest BCUT2D eigenvalue weighted by molar-refractivity contribution is 6.30. The highest BCUT2D eigenvalue weighted by atomic mass is 35.5. The summed E-state index contributed by atoms with van der Waals surface area (Å²) < 4.78 is 13.8. The van der Waals surface area contributed by atoms with Crippen molar-refractivity contribution in [3.05, 3.63) is 34.6 Å².